The minimum Gasteiger partial charge on any atom is -0.480 e. The van der Waals surface area contributed by atoms with Crippen LogP contribution in [0.5, 0.6) is 5.88 Å². The number of carbonyl (C=O) groups excluding carboxylic acids is 3. The number of fused-ring (bicyclic) bond motifs is 1. The molecule has 19 heteroatoms. The predicted octanol–water partition coefficient (Wildman–Crippen LogP) is 3.93. The zero-order valence-corrected chi connectivity index (χ0v) is 23.1. The first kappa shape index (κ1) is 32.0. The minimum absolute atomic E-state index is 0.327. The third-order valence-corrected chi connectivity index (χ3v) is 7.08. The van der Waals surface area contributed by atoms with Gasteiger partial charge in [-0.15, -0.1) is 0 Å². The summed E-state index contributed by atoms with van der Waals surface area (Å²) in [6.45, 7) is -1.86. The monoisotopic (exact) mass is 657 g/mol. The van der Waals surface area contributed by atoms with Crippen LogP contribution < -0.4 is 10.5 Å². The van der Waals surface area contributed by atoms with Gasteiger partial charge in [-0.1, -0.05) is 12.1 Å². The number of benzene rings is 1. The Balaban J connectivity index is 1.60. The fraction of sp³-hybridized carbons (Fsp3) is 0.259. The number of nitrogens with two attached hydrogens (primary N) is 1. The minimum atomic E-state index is -5.73. The Hall–Kier alpha value is -5.36. The zero-order valence-electron chi connectivity index (χ0n) is 23.1. The standard InChI is InChI=1S/C27H19F8N7O4/c1-46-22-14(6-12(8-37-22)18-7-15(26(30,31)32)20-21(36)38-11-39-42(18)20)24(44)41(25(45)27(33,34)35)19-10-40(9-17(19)29)23(43)13-4-2-3-5-16(13)28/h2-8,11,17,19H,9-10H2,1H3,(H2,36,38,39)/t17-,19+/m0/s1. The average molecular weight is 657 g/mol. The molecule has 0 unspecified atom stereocenters. The van der Waals surface area contributed by atoms with Gasteiger partial charge in [0.2, 0.25) is 5.88 Å². The van der Waals surface area contributed by atoms with Gasteiger partial charge in [0.1, 0.15) is 29.4 Å². The van der Waals surface area contributed by atoms with E-state index >= 15 is 4.39 Å². The van der Waals surface area contributed by atoms with Crippen molar-refractivity contribution in [3.8, 4) is 17.1 Å². The lowest BCUT2D eigenvalue weighted by Crippen LogP contribution is -2.54. The third-order valence-electron chi connectivity index (χ3n) is 7.08. The van der Waals surface area contributed by atoms with Crippen molar-refractivity contribution in [1.82, 2.24) is 29.4 Å². The molecule has 1 saturated heterocycles. The smallest absolute Gasteiger partial charge is 0.471 e. The molecule has 0 bridgehead atoms. The van der Waals surface area contributed by atoms with Crippen molar-refractivity contribution in [3.63, 3.8) is 0 Å². The lowest BCUT2D eigenvalue weighted by molar-refractivity contribution is -0.184. The summed E-state index contributed by atoms with van der Waals surface area (Å²) in [5.41, 5.74) is 1.56. The second kappa shape index (κ2) is 11.5. The predicted molar refractivity (Wildman–Crippen MR) is 140 cm³/mol. The molecule has 0 aliphatic carbocycles. The van der Waals surface area contributed by atoms with E-state index in [9.17, 15) is 45.1 Å². The van der Waals surface area contributed by atoms with E-state index < -0.39 is 100.0 Å². The molecule has 5 rings (SSSR count). The highest BCUT2D eigenvalue weighted by Crippen LogP contribution is 2.39. The van der Waals surface area contributed by atoms with Crippen LogP contribution in [0, 0.1) is 5.82 Å². The van der Waals surface area contributed by atoms with Crippen molar-refractivity contribution in [2.45, 2.75) is 24.6 Å². The maximum atomic E-state index is 15.4. The summed E-state index contributed by atoms with van der Waals surface area (Å²) in [7, 11) is 0.958. The molecule has 2 atom stereocenters. The Bertz CT molecular complexity index is 1860. The Labute approximate surface area is 252 Å². The van der Waals surface area contributed by atoms with Gasteiger partial charge in [-0.2, -0.15) is 31.4 Å². The Morgan fingerprint density at radius 3 is 2.35 bits per heavy atom. The Kier molecular flexibility index (Phi) is 8.03. The summed E-state index contributed by atoms with van der Waals surface area (Å²) in [5.74, 6) is -7.97. The lowest BCUT2D eigenvalue weighted by Gasteiger charge is -2.29. The molecule has 0 saturated carbocycles. The number of aromatic nitrogens is 4. The first-order chi connectivity index (χ1) is 21.5. The number of likely N-dealkylation sites (tertiary alicyclic amines) is 1. The molecule has 242 valence electrons. The number of carbonyl (C=O) groups is 3. The highest BCUT2D eigenvalue weighted by atomic mass is 19.4. The molecule has 0 radical (unpaired) electrons. The maximum Gasteiger partial charge on any atom is 0.471 e. The highest BCUT2D eigenvalue weighted by Gasteiger charge is 2.52. The van der Waals surface area contributed by atoms with Crippen LogP contribution in [-0.2, 0) is 11.0 Å². The molecule has 46 heavy (non-hydrogen) atoms. The Morgan fingerprint density at radius 1 is 1.02 bits per heavy atom. The van der Waals surface area contributed by atoms with E-state index in [1.807, 2.05) is 0 Å². The van der Waals surface area contributed by atoms with Crippen molar-refractivity contribution >= 4 is 29.1 Å². The molecular formula is C27H19F8N7O4. The van der Waals surface area contributed by atoms with Crippen LogP contribution in [0.15, 0.2) is 48.9 Å². The van der Waals surface area contributed by atoms with E-state index in [0.29, 0.717) is 15.5 Å². The number of ether oxygens (including phenoxy) is 1. The van der Waals surface area contributed by atoms with Crippen molar-refractivity contribution in [1.29, 1.82) is 0 Å². The second-order valence-corrected chi connectivity index (χ2v) is 9.88. The number of nitrogen functional groups attached to an aromatic ring is 1. The van der Waals surface area contributed by atoms with Crippen LogP contribution in [0.25, 0.3) is 16.8 Å². The number of methoxy groups -OCH3 is 1. The number of imide groups is 1. The van der Waals surface area contributed by atoms with E-state index in [2.05, 4.69) is 15.1 Å². The highest BCUT2D eigenvalue weighted by molar-refractivity contribution is 6.08. The molecule has 3 amide bonds. The normalized spacial score (nSPS) is 16.9. The van der Waals surface area contributed by atoms with Crippen LogP contribution in [0.1, 0.15) is 26.3 Å². The van der Waals surface area contributed by atoms with Gasteiger partial charge in [-0.05, 0) is 24.3 Å². The van der Waals surface area contributed by atoms with Crippen LogP contribution in [-0.4, -0.2) is 85.7 Å². The molecule has 3 aromatic heterocycles. The summed E-state index contributed by atoms with van der Waals surface area (Å²) in [6.07, 6.45) is -11.4. The van der Waals surface area contributed by atoms with Gasteiger partial charge in [0.05, 0.1) is 36.5 Å². The molecule has 1 aliphatic heterocycles. The summed E-state index contributed by atoms with van der Waals surface area (Å²) < 4.78 is 118. The van der Waals surface area contributed by atoms with Crippen molar-refractivity contribution in [2.24, 2.45) is 0 Å². The first-order valence-corrected chi connectivity index (χ1v) is 12.9. The molecule has 0 spiro atoms. The number of rotatable bonds is 5. The van der Waals surface area contributed by atoms with Crippen LogP contribution >= 0.6 is 0 Å². The molecule has 1 fully saturated rings. The van der Waals surface area contributed by atoms with E-state index in [1.165, 1.54) is 12.1 Å². The number of pyridine rings is 1. The first-order valence-electron chi connectivity index (χ1n) is 12.9. The summed E-state index contributed by atoms with van der Waals surface area (Å²) in [6, 6.07) is 3.67. The zero-order chi connectivity index (χ0) is 33.7. The van der Waals surface area contributed by atoms with E-state index in [-0.39, 0.29) is 11.3 Å². The van der Waals surface area contributed by atoms with Gasteiger partial charge in [-0.3, -0.25) is 19.3 Å². The van der Waals surface area contributed by atoms with E-state index in [1.54, 1.807) is 0 Å². The van der Waals surface area contributed by atoms with Gasteiger partial charge in [0.25, 0.3) is 11.8 Å². The van der Waals surface area contributed by atoms with Crippen LogP contribution in [0.3, 0.4) is 0 Å². The van der Waals surface area contributed by atoms with Gasteiger partial charge in [0.15, 0.2) is 5.82 Å². The number of amides is 3. The topological polar surface area (TPSA) is 136 Å². The molecule has 4 heterocycles. The number of alkyl halides is 7. The lowest BCUT2D eigenvalue weighted by atomic mass is 10.1. The van der Waals surface area contributed by atoms with Crippen molar-refractivity contribution in [3.05, 3.63) is 71.4 Å². The average Bonchev–Trinajstić information content (AvgIpc) is 3.58. The second-order valence-electron chi connectivity index (χ2n) is 9.88. The number of hydrogen-bond acceptors (Lipinski definition) is 8. The van der Waals surface area contributed by atoms with Crippen LogP contribution in [0.4, 0.5) is 40.9 Å². The van der Waals surface area contributed by atoms with Gasteiger partial charge in [-0.25, -0.2) is 23.3 Å². The van der Waals surface area contributed by atoms with Crippen LogP contribution in [0.2, 0.25) is 0 Å². The number of nitrogens with zero attached hydrogens (tertiary/aromatic N) is 6. The van der Waals surface area contributed by atoms with Gasteiger partial charge >= 0.3 is 18.3 Å². The van der Waals surface area contributed by atoms with Crippen molar-refractivity contribution in [2.75, 3.05) is 25.9 Å². The molecule has 2 N–H and O–H groups in total. The van der Waals surface area contributed by atoms with Gasteiger partial charge in [0, 0.05) is 18.3 Å². The summed E-state index contributed by atoms with van der Waals surface area (Å²) in [4.78, 5) is 46.8. The molecule has 4 aromatic rings. The van der Waals surface area contributed by atoms with E-state index in [4.69, 9.17) is 10.5 Å². The summed E-state index contributed by atoms with van der Waals surface area (Å²) >= 11 is 0. The molecule has 11 nitrogen and oxygen atoms in total. The van der Waals surface area contributed by atoms with E-state index in [0.717, 1.165) is 37.8 Å². The molecular weight excluding hydrogens is 638 g/mol. The molecule has 1 aliphatic rings. The largest absolute Gasteiger partial charge is 0.480 e. The summed E-state index contributed by atoms with van der Waals surface area (Å²) in [5, 5.41) is 3.75. The third kappa shape index (κ3) is 5.63. The van der Waals surface area contributed by atoms with Gasteiger partial charge < -0.3 is 15.4 Å². The number of halogens is 8. The SMILES string of the molecule is COc1ncc(-c2cc(C(F)(F)F)c3c(N)ncnn23)cc1C(=O)N(C(=O)C(F)(F)F)[C@@H]1CN(C(=O)c2ccccc2F)C[C@@H]1F. The molecule has 1 aromatic carbocycles. The fourth-order valence-corrected chi connectivity index (χ4v) is 5.02. The quantitative estimate of drug-likeness (QED) is 0.319. The van der Waals surface area contributed by atoms with Crippen molar-refractivity contribution < 1.29 is 54.2 Å². The number of hydrogen-bond donors (Lipinski definition) is 1. The fourth-order valence-electron chi connectivity index (χ4n) is 5.02. The maximum absolute atomic E-state index is 15.4. The Morgan fingerprint density at radius 2 is 1.72 bits per heavy atom. The number of anilines is 1.